The number of hydrogen-bond donors (Lipinski definition) is 2. The van der Waals surface area contributed by atoms with E-state index in [-0.39, 0.29) is 23.8 Å². The number of nitrogens with zero attached hydrogens (tertiary/aromatic N) is 1. The van der Waals surface area contributed by atoms with Crippen LogP contribution in [0.1, 0.15) is 45.4 Å². The first-order valence-corrected chi connectivity index (χ1v) is 13.9. The van der Waals surface area contributed by atoms with Crippen molar-refractivity contribution in [1.29, 1.82) is 0 Å². The van der Waals surface area contributed by atoms with Crippen molar-refractivity contribution in [3.63, 3.8) is 0 Å². The number of anilines is 1. The van der Waals surface area contributed by atoms with Crippen molar-refractivity contribution in [1.82, 2.24) is 10.2 Å². The van der Waals surface area contributed by atoms with Crippen LogP contribution in [0.4, 0.5) is 5.69 Å². The van der Waals surface area contributed by atoms with Gasteiger partial charge in [-0.3, -0.25) is 14.4 Å². The van der Waals surface area contributed by atoms with Crippen LogP contribution in [0.5, 0.6) is 0 Å². The van der Waals surface area contributed by atoms with Gasteiger partial charge in [0, 0.05) is 36.0 Å². The van der Waals surface area contributed by atoms with E-state index in [0.29, 0.717) is 31.9 Å². The van der Waals surface area contributed by atoms with Crippen LogP contribution >= 0.6 is 15.9 Å². The molecule has 1 aliphatic carbocycles. The van der Waals surface area contributed by atoms with E-state index in [9.17, 15) is 14.4 Å². The number of hydrogen-bond acceptors (Lipinski definition) is 5. The van der Waals surface area contributed by atoms with Gasteiger partial charge in [0.1, 0.15) is 11.6 Å². The van der Waals surface area contributed by atoms with Gasteiger partial charge in [-0.2, -0.15) is 0 Å². The zero-order valence-electron chi connectivity index (χ0n) is 20.6. The van der Waals surface area contributed by atoms with Gasteiger partial charge < -0.3 is 25.0 Å². The van der Waals surface area contributed by atoms with Gasteiger partial charge in [0.05, 0.1) is 17.9 Å². The molecule has 0 aromatic heterocycles. The molecule has 2 N–H and O–H groups in total. The quantitative estimate of drug-likeness (QED) is 0.357. The van der Waals surface area contributed by atoms with Crippen LogP contribution in [0.15, 0.2) is 40.9 Å². The van der Waals surface area contributed by atoms with Crippen molar-refractivity contribution in [2.45, 2.75) is 69.2 Å². The number of amides is 3. The SMILES string of the molecule is CCOCCCN1C(=O)C2C(C(=O)Nc3ccc(Br)cc3)C3C=CC2(O3)C1C(=O)NC1CCCCC1. The van der Waals surface area contributed by atoms with Gasteiger partial charge in [-0.1, -0.05) is 47.3 Å². The molecule has 36 heavy (non-hydrogen) atoms. The zero-order chi connectivity index (χ0) is 25.3. The molecule has 5 atom stereocenters. The smallest absolute Gasteiger partial charge is 0.246 e. The topological polar surface area (TPSA) is 97.0 Å². The fraction of sp³-hybridized carbons (Fsp3) is 0.593. The molecule has 2 bridgehead atoms. The molecule has 0 radical (unpaired) electrons. The third kappa shape index (κ3) is 4.61. The molecule has 9 heteroatoms. The number of halogens is 1. The first kappa shape index (κ1) is 25.4. The Labute approximate surface area is 220 Å². The van der Waals surface area contributed by atoms with Gasteiger partial charge in [-0.15, -0.1) is 0 Å². The Morgan fingerprint density at radius 1 is 1.17 bits per heavy atom. The molecule has 5 unspecified atom stereocenters. The van der Waals surface area contributed by atoms with E-state index < -0.39 is 29.6 Å². The van der Waals surface area contributed by atoms with Crippen molar-refractivity contribution in [2.75, 3.05) is 25.1 Å². The Hall–Kier alpha value is -2.23. The molecule has 2 saturated heterocycles. The second-order valence-electron chi connectivity index (χ2n) is 10.1. The highest BCUT2D eigenvalue weighted by Crippen LogP contribution is 2.55. The standard InChI is InChI=1S/C27H34BrN3O5/c1-2-35-16-6-15-31-23(25(33)30-18-7-4-3-5-8-18)27-14-13-20(36-27)21(22(27)26(31)34)24(32)29-19-11-9-17(28)10-12-19/h9-14,18,20-23H,2-8,15-16H2,1H3,(H,29,32)(H,30,33). The fourth-order valence-corrected chi connectivity index (χ4v) is 6.54. The molecule has 8 nitrogen and oxygen atoms in total. The maximum absolute atomic E-state index is 13.9. The molecule has 3 fully saturated rings. The maximum atomic E-state index is 13.9. The van der Waals surface area contributed by atoms with E-state index >= 15 is 0 Å². The van der Waals surface area contributed by atoms with Crippen molar-refractivity contribution < 1.29 is 23.9 Å². The summed E-state index contributed by atoms with van der Waals surface area (Å²) in [5, 5.41) is 6.15. The van der Waals surface area contributed by atoms with Gasteiger partial charge in [-0.05, 0) is 50.5 Å². The van der Waals surface area contributed by atoms with Crippen LogP contribution in [0, 0.1) is 11.8 Å². The van der Waals surface area contributed by atoms with Gasteiger partial charge in [0.25, 0.3) is 0 Å². The highest BCUT2D eigenvalue weighted by molar-refractivity contribution is 9.10. The number of fused-ring (bicyclic) bond motifs is 1. The predicted octanol–water partition coefficient (Wildman–Crippen LogP) is 3.41. The summed E-state index contributed by atoms with van der Waals surface area (Å²) in [4.78, 5) is 42.7. The van der Waals surface area contributed by atoms with Crippen molar-refractivity contribution >= 4 is 39.3 Å². The minimum Gasteiger partial charge on any atom is -0.382 e. The summed E-state index contributed by atoms with van der Waals surface area (Å²) in [6.45, 7) is 3.40. The summed E-state index contributed by atoms with van der Waals surface area (Å²) >= 11 is 3.40. The second kappa shape index (κ2) is 10.6. The van der Waals surface area contributed by atoms with Crippen LogP contribution in [0.2, 0.25) is 0 Å². The number of rotatable bonds is 9. The normalized spacial score (nSPS) is 31.1. The average Bonchev–Trinajstić information content (AvgIpc) is 3.51. The summed E-state index contributed by atoms with van der Waals surface area (Å²) in [7, 11) is 0. The van der Waals surface area contributed by atoms with Gasteiger partial charge in [0.2, 0.25) is 17.7 Å². The molecule has 1 aromatic rings. The van der Waals surface area contributed by atoms with Gasteiger partial charge >= 0.3 is 0 Å². The molecule has 1 spiro atoms. The molecule has 194 valence electrons. The van der Waals surface area contributed by atoms with E-state index in [1.807, 2.05) is 31.2 Å². The maximum Gasteiger partial charge on any atom is 0.246 e. The average molecular weight is 560 g/mol. The largest absolute Gasteiger partial charge is 0.382 e. The van der Waals surface area contributed by atoms with E-state index in [0.717, 1.165) is 30.2 Å². The first-order chi connectivity index (χ1) is 17.4. The lowest BCUT2D eigenvalue weighted by Gasteiger charge is -2.34. The van der Waals surface area contributed by atoms with Crippen molar-refractivity contribution in [3.05, 3.63) is 40.9 Å². The van der Waals surface area contributed by atoms with Crippen LogP contribution < -0.4 is 10.6 Å². The highest BCUT2D eigenvalue weighted by Gasteiger charge is 2.72. The molecule has 5 rings (SSSR count). The molecule has 4 aliphatic rings. The molecular weight excluding hydrogens is 526 g/mol. The fourth-order valence-electron chi connectivity index (χ4n) is 6.27. The Kier molecular flexibility index (Phi) is 7.51. The number of carbonyl (C=O) groups is 3. The minimum atomic E-state index is -1.13. The molecule has 1 saturated carbocycles. The zero-order valence-corrected chi connectivity index (χ0v) is 22.2. The number of carbonyl (C=O) groups excluding carboxylic acids is 3. The third-order valence-electron chi connectivity index (χ3n) is 7.88. The van der Waals surface area contributed by atoms with Crippen molar-refractivity contribution in [3.8, 4) is 0 Å². The lowest BCUT2D eigenvalue weighted by molar-refractivity contribution is -0.141. The van der Waals surface area contributed by atoms with E-state index in [4.69, 9.17) is 9.47 Å². The van der Waals surface area contributed by atoms with Gasteiger partial charge in [0.15, 0.2) is 0 Å². The Morgan fingerprint density at radius 2 is 1.92 bits per heavy atom. The molecular formula is C27H34BrN3O5. The van der Waals surface area contributed by atoms with Crippen LogP contribution in [0.3, 0.4) is 0 Å². The number of likely N-dealkylation sites (tertiary alicyclic amines) is 1. The lowest BCUT2D eigenvalue weighted by Crippen LogP contribution is -2.56. The molecule has 3 heterocycles. The predicted molar refractivity (Wildman–Crippen MR) is 138 cm³/mol. The summed E-state index contributed by atoms with van der Waals surface area (Å²) in [6.07, 6.45) is 9.05. The van der Waals surface area contributed by atoms with Crippen molar-refractivity contribution in [2.24, 2.45) is 11.8 Å². The van der Waals surface area contributed by atoms with E-state index in [2.05, 4.69) is 26.6 Å². The third-order valence-corrected chi connectivity index (χ3v) is 8.41. The Morgan fingerprint density at radius 3 is 2.64 bits per heavy atom. The Balaban J connectivity index is 1.40. The second-order valence-corrected chi connectivity index (χ2v) is 11.0. The van der Waals surface area contributed by atoms with E-state index in [1.165, 1.54) is 6.42 Å². The van der Waals surface area contributed by atoms with E-state index in [1.54, 1.807) is 17.0 Å². The highest BCUT2D eigenvalue weighted by atomic mass is 79.9. The molecule has 3 aliphatic heterocycles. The summed E-state index contributed by atoms with van der Waals surface area (Å²) in [6, 6.07) is 6.62. The van der Waals surface area contributed by atoms with Gasteiger partial charge in [-0.25, -0.2) is 0 Å². The number of ether oxygens (including phenoxy) is 2. The number of nitrogens with one attached hydrogen (secondary N) is 2. The summed E-state index contributed by atoms with van der Waals surface area (Å²) in [5.41, 5.74) is -0.483. The van der Waals surface area contributed by atoms with Crippen LogP contribution in [-0.4, -0.2) is 66.2 Å². The molecule has 1 aromatic carbocycles. The first-order valence-electron chi connectivity index (χ1n) is 13.1. The summed E-state index contributed by atoms with van der Waals surface area (Å²) < 4.78 is 12.8. The number of benzene rings is 1. The van der Waals surface area contributed by atoms with Crippen LogP contribution in [-0.2, 0) is 23.9 Å². The lowest BCUT2D eigenvalue weighted by atomic mass is 9.74. The minimum absolute atomic E-state index is 0.112. The van der Waals surface area contributed by atoms with Crippen LogP contribution in [0.25, 0.3) is 0 Å². The monoisotopic (exact) mass is 559 g/mol. The Bertz CT molecular complexity index is 1020. The molecule has 3 amide bonds. The summed E-state index contributed by atoms with van der Waals surface area (Å²) in [5.74, 6) is -2.09.